The normalized spacial score (nSPS) is 10.4. The molecule has 0 fully saturated rings. The van der Waals surface area contributed by atoms with Gasteiger partial charge in [0.05, 0.1) is 13.1 Å². The van der Waals surface area contributed by atoms with Crippen molar-refractivity contribution >= 4 is 39.0 Å². The molecule has 4 rings (SSSR count). The monoisotopic (exact) mass is 438 g/mol. The van der Waals surface area contributed by atoms with Gasteiger partial charge >= 0.3 is 0 Å². The summed E-state index contributed by atoms with van der Waals surface area (Å²) in [5.41, 5.74) is 5.40. The molecule has 33 heavy (non-hydrogen) atoms. The van der Waals surface area contributed by atoms with Crippen LogP contribution in [0.15, 0.2) is 48.8 Å². The van der Waals surface area contributed by atoms with Gasteiger partial charge in [-0.15, -0.1) is 0 Å². The van der Waals surface area contributed by atoms with Crippen LogP contribution in [0.1, 0.15) is 68.3 Å². The number of benzene rings is 2. The molecule has 5 nitrogen and oxygen atoms in total. The van der Waals surface area contributed by atoms with Gasteiger partial charge in [0.25, 0.3) is 0 Å². The summed E-state index contributed by atoms with van der Waals surface area (Å²) in [6, 6.07) is 11.2. The largest absolute Gasteiger partial charge is 0.361 e. The van der Waals surface area contributed by atoms with Crippen LogP contribution in [-0.2, 0) is 6.42 Å². The first-order valence-electron chi connectivity index (χ1n) is 11.6. The van der Waals surface area contributed by atoms with Gasteiger partial charge in [0.15, 0.2) is 17.2 Å². The number of carbonyl (C=O) groups is 1. The topological polar surface area (TPSA) is 57.4 Å². The molecule has 5 heteroatoms. The molecule has 0 spiro atoms. The number of nitrogens with one attached hydrogen (secondary N) is 2. The third-order valence-electron chi connectivity index (χ3n) is 5.78. The first-order valence-corrected chi connectivity index (χ1v) is 11.6. The molecular formula is C28H30N4O. The number of nitrogens with zero attached hydrogens (tertiary/aromatic N) is 2. The summed E-state index contributed by atoms with van der Waals surface area (Å²) in [5, 5.41) is 2.07. The van der Waals surface area contributed by atoms with Gasteiger partial charge in [0.2, 0.25) is 0 Å². The van der Waals surface area contributed by atoms with Crippen molar-refractivity contribution in [2.75, 3.05) is 0 Å². The lowest BCUT2D eigenvalue weighted by molar-refractivity contribution is 0.0981. The molecule has 2 aromatic carbocycles. The molecule has 2 heterocycles. The number of aromatic amines is 2. The molecule has 0 radical (unpaired) electrons. The number of unbranched alkanes of at least 4 members (excludes halogenated alkanes) is 3. The smallest absolute Gasteiger partial charge is 0.188 e. The number of Topliss-reactive ketones (excluding diaryl/α,β-unsaturated/α-hetero) is 1. The predicted octanol–water partition coefficient (Wildman–Crippen LogP) is 8.54. The first-order chi connectivity index (χ1) is 16.1. The number of fused-ring (bicyclic) bond motifs is 2. The number of hydrogen-bond acceptors (Lipinski definition) is 1. The fourth-order valence-corrected chi connectivity index (χ4v) is 3.89. The summed E-state index contributed by atoms with van der Waals surface area (Å²) >= 11 is 0. The lowest BCUT2D eigenvalue weighted by atomic mass is 10.0. The molecule has 0 aliphatic rings. The van der Waals surface area contributed by atoms with Crippen LogP contribution in [0.4, 0.5) is 11.4 Å². The number of aromatic nitrogens is 2. The van der Waals surface area contributed by atoms with Crippen molar-refractivity contribution in [2.45, 2.75) is 58.8 Å². The summed E-state index contributed by atoms with van der Waals surface area (Å²) in [7, 11) is 0. The number of hydrogen-bond donors (Lipinski definition) is 2. The van der Waals surface area contributed by atoms with Gasteiger partial charge < -0.3 is 9.97 Å². The molecule has 0 unspecified atom stereocenters. The van der Waals surface area contributed by atoms with Crippen LogP contribution in [0.3, 0.4) is 0 Å². The molecule has 0 saturated heterocycles. The van der Waals surface area contributed by atoms with Crippen LogP contribution in [-0.4, -0.2) is 15.8 Å². The Hall–Kier alpha value is -3.83. The van der Waals surface area contributed by atoms with E-state index in [-0.39, 0.29) is 5.78 Å². The maximum absolute atomic E-state index is 12.0. The first kappa shape index (κ1) is 23.8. The molecule has 2 N–H and O–H groups in total. The lowest BCUT2D eigenvalue weighted by Gasteiger charge is -1.98. The van der Waals surface area contributed by atoms with Gasteiger partial charge in [-0.25, -0.2) is 9.69 Å². The average molecular weight is 439 g/mol. The standard InChI is InChI=1S/C14H14N2O.C14H16N2/c1-3-4-5-14(17)12-9-16-13-7-6-10(15-2)8-11(12)13;1-3-4-5-6-11-10-16-14-8-7-12(15-2)9-13(11)14/h6-9,16H,3-5H2,1H3;7-10,16H,3-6H2,1H3. The molecule has 168 valence electrons. The number of ketones is 1. The fraction of sp³-hybridized carbons (Fsp3) is 0.321. The van der Waals surface area contributed by atoms with Crippen LogP contribution < -0.4 is 0 Å². The third-order valence-corrected chi connectivity index (χ3v) is 5.78. The van der Waals surface area contributed by atoms with Gasteiger partial charge in [-0.3, -0.25) is 4.79 Å². The SMILES string of the molecule is [C-]#[N+]c1ccc2[nH]cc(C(=O)CCCC)c2c1.[C-]#[N+]c1ccc2[nH]cc(CCCCC)c2c1. The van der Waals surface area contributed by atoms with Crippen LogP contribution in [0, 0.1) is 13.1 Å². The van der Waals surface area contributed by atoms with Crippen molar-refractivity contribution in [3.05, 3.63) is 82.8 Å². The van der Waals surface area contributed by atoms with E-state index < -0.39 is 0 Å². The summed E-state index contributed by atoms with van der Waals surface area (Å²) in [5.74, 6) is 0.153. The summed E-state index contributed by atoms with van der Waals surface area (Å²) in [6.07, 6.45) is 11.2. The van der Waals surface area contributed by atoms with Gasteiger partial charge in [0.1, 0.15) is 0 Å². The Kier molecular flexibility index (Phi) is 8.44. The van der Waals surface area contributed by atoms with Crippen molar-refractivity contribution in [1.82, 2.24) is 9.97 Å². The number of aryl methyl sites for hydroxylation is 1. The second-order valence-electron chi connectivity index (χ2n) is 8.18. The van der Waals surface area contributed by atoms with Crippen molar-refractivity contribution in [3.63, 3.8) is 0 Å². The Bertz CT molecular complexity index is 1310. The second-order valence-corrected chi connectivity index (χ2v) is 8.18. The summed E-state index contributed by atoms with van der Waals surface area (Å²) in [6.45, 7) is 18.3. The molecule has 0 aliphatic carbocycles. The number of rotatable bonds is 8. The van der Waals surface area contributed by atoms with Crippen molar-refractivity contribution in [2.24, 2.45) is 0 Å². The van der Waals surface area contributed by atoms with Gasteiger partial charge in [-0.1, -0.05) is 45.2 Å². The minimum Gasteiger partial charge on any atom is -0.361 e. The van der Waals surface area contributed by atoms with Gasteiger partial charge in [-0.05, 0) is 59.9 Å². The van der Waals surface area contributed by atoms with E-state index in [4.69, 9.17) is 13.1 Å². The van der Waals surface area contributed by atoms with Crippen molar-refractivity contribution in [1.29, 1.82) is 0 Å². The third kappa shape index (κ3) is 5.90. The van der Waals surface area contributed by atoms with E-state index >= 15 is 0 Å². The van der Waals surface area contributed by atoms with Gasteiger partial charge in [0, 0.05) is 35.4 Å². The Morgan fingerprint density at radius 3 is 2.06 bits per heavy atom. The second kappa shape index (κ2) is 11.7. The Balaban J connectivity index is 0.000000186. The van der Waals surface area contributed by atoms with E-state index in [0.717, 1.165) is 41.4 Å². The minimum absolute atomic E-state index is 0.153. The highest BCUT2D eigenvalue weighted by Gasteiger charge is 2.11. The number of carbonyl (C=O) groups excluding carboxylic acids is 1. The van der Waals surface area contributed by atoms with Gasteiger partial charge in [-0.2, -0.15) is 0 Å². The quantitative estimate of drug-likeness (QED) is 0.162. The molecule has 0 aliphatic heterocycles. The predicted molar refractivity (Wildman–Crippen MR) is 136 cm³/mol. The Labute approximate surface area is 195 Å². The zero-order valence-corrected chi connectivity index (χ0v) is 19.4. The molecule has 4 aromatic rings. The van der Waals surface area contributed by atoms with Crippen LogP contribution >= 0.6 is 0 Å². The molecule has 2 aromatic heterocycles. The molecule has 0 atom stereocenters. The van der Waals surface area contributed by atoms with E-state index in [9.17, 15) is 4.79 Å². The highest BCUT2D eigenvalue weighted by atomic mass is 16.1. The van der Waals surface area contributed by atoms with E-state index in [1.165, 1.54) is 30.2 Å². The maximum atomic E-state index is 12.0. The van der Waals surface area contributed by atoms with E-state index in [2.05, 4.69) is 39.7 Å². The molecule has 0 saturated carbocycles. The van der Waals surface area contributed by atoms with E-state index in [0.29, 0.717) is 17.7 Å². The maximum Gasteiger partial charge on any atom is 0.188 e. The van der Waals surface area contributed by atoms with Crippen molar-refractivity contribution in [3.8, 4) is 0 Å². The minimum atomic E-state index is 0.153. The van der Waals surface area contributed by atoms with Crippen LogP contribution in [0.5, 0.6) is 0 Å². The van der Waals surface area contributed by atoms with E-state index in [1.54, 1.807) is 18.3 Å². The van der Waals surface area contributed by atoms with Crippen LogP contribution in [0.2, 0.25) is 0 Å². The average Bonchev–Trinajstić information content (AvgIpc) is 3.46. The molecule has 0 amide bonds. The Morgan fingerprint density at radius 2 is 1.42 bits per heavy atom. The molecule has 0 bridgehead atoms. The van der Waals surface area contributed by atoms with E-state index in [1.807, 2.05) is 24.3 Å². The zero-order chi connectivity index (χ0) is 23.6. The zero-order valence-electron chi connectivity index (χ0n) is 19.4. The lowest BCUT2D eigenvalue weighted by Crippen LogP contribution is -1.97. The Morgan fingerprint density at radius 1 is 0.818 bits per heavy atom. The van der Waals surface area contributed by atoms with Crippen LogP contribution in [0.25, 0.3) is 31.5 Å². The summed E-state index contributed by atoms with van der Waals surface area (Å²) in [4.78, 5) is 25.2. The summed E-state index contributed by atoms with van der Waals surface area (Å²) < 4.78 is 0. The van der Waals surface area contributed by atoms with Crippen molar-refractivity contribution < 1.29 is 4.79 Å². The highest BCUT2D eigenvalue weighted by Crippen LogP contribution is 2.26. The molecular weight excluding hydrogens is 408 g/mol. The fourth-order valence-electron chi connectivity index (χ4n) is 3.89. The highest BCUT2D eigenvalue weighted by molar-refractivity contribution is 6.08. The number of H-pyrrole nitrogens is 2.